The van der Waals surface area contributed by atoms with Crippen LogP contribution < -0.4 is 4.90 Å². The molecule has 222 valence electrons. The second kappa shape index (κ2) is 12.7. The normalized spacial score (nSPS) is 17.1. The molecule has 44 heavy (non-hydrogen) atoms. The van der Waals surface area contributed by atoms with Crippen LogP contribution in [0.4, 0.5) is 10.1 Å². The van der Waals surface area contributed by atoms with Gasteiger partial charge in [0.15, 0.2) is 0 Å². The summed E-state index contributed by atoms with van der Waals surface area (Å²) in [7, 11) is 0. The monoisotopic (exact) mass is 587 g/mol. The van der Waals surface area contributed by atoms with Crippen molar-refractivity contribution in [3.63, 3.8) is 0 Å². The summed E-state index contributed by atoms with van der Waals surface area (Å²) in [5.41, 5.74) is 5.72. The predicted octanol–water partition coefficient (Wildman–Crippen LogP) is 8.57. The minimum absolute atomic E-state index is 0.0250. The highest BCUT2D eigenvalue weighted by Gasteiger charge is 2.42. The maximum absolute atomic E-state index is 13.6. The number of anilines is 1. The van der Waals surface area contributed by atoms with Crippen LogP contribution >= 0.6 is 0 Å². The summed E-state index contributed by atoms with van der Waals surface area (Å²) < 4.78 is 13.4. The van der Waals surface area contributed by atoms with Gasteiger partial charge in [-0.3, -0.25) is 4.79 Å². The number of benzene rings is 5. The van der Waals surface area contributed by atoms with E-state index in [4.69, 9.17) is 0 Å². The Hall–Kier alpha value is -4.94. The molecule has 1 amide bonds. The lowest BCUT2D eigenvalue weighted by Gasteiger charge is -2.30. The van der Waals surface area contributed by atoms with Gasteiger partial charge < -0.3 is 20.2 Å². The number of hydrogen-bond donors (Lipinski definition) is 3. The molecule has 5 aromatic rings. The van der Waals surface area contributed by atoms with Gasteiger partial charge in [-0.1, -0.05) is 85.3 Å². The van der Waals surface area contributed by atoms with Crippen molar-refractivity contribution in [1.82, 2.24) is 0 Å². The lowest BCUT2D eigenvalue weighted by Crippen LogP contribution is -2.28. The first-order valence-electron chi connectivity index (χ1n) is 14.9. The third kappa shape index (κ3) is 6.21. The molecule has 0 radical (unpaired) electrons. The standard InChI is InChI=1S/C38H34FNO4/c39-31-17-12-27(13-18-31)35(42)11-5-9-30-24-37(44)40(32-19-14-26(15-20-32)25-6-2-1-3-7-25)38(30)34-21-16-29(23-36(34)43)28-8-4-10-33(41)22-28/h1-4,6-8,10,12-23,30,35,38,41-43H,5,9,11,24H2/t30-,35-,38-/m0/s1. The molecule has 1 aliphatic heterocycles. The van der Waals surface area contributed by atoms with Crippen molar-refractivity contribution >= 4 is 11.6 Å². The van der Waals surface area contributed by atoms with Gasteiger partial charge in [0.05, 0.1) is 12.1 Å². The van der Waals surface area contributed by atoms with Gasteiger partial charge in [-0.25, -0.2) is 4.39 Å². The molecule has 1 aliphatic rings. The zero-order valence-electron chi connectivity index (χ0n) is 24.2. The van der Waals surface area contributed by atoms with Crippen LogP contribution in [0.15, 0.2) is 121 Å². The van der Waals surface area contributed by atoms with Crippen molar-refractivity contribution in [3.8, 4) is 33.8 Å². The number of aliphatic hydroxyl groups excluding tert-OH is 1. The van der Waals surface area contributed by atoms with Gasteiger partial charge in [0.2, 0.25) is 5.91 Å². The van der Waals surface area contributed by atoms with Crippen LogP contribution in [-0.4, -0.2) is 21.2 Å². The Morgan fingerprint density at radius 1 is 0.750 bits per heavy atom. The van der Waals surface area contributed by atoms with Gasteiger partial charge in [0.25, 0.3) is 0 Å². The predicted molar refractivity (Wildman–Crippen MR) is 171 cm³/mol. The van der Waals surface area contributed by atoms with Crippen LogP contribution in [-0.2, 0) is 4.79 Å². The molecule has 0 aliphatic carbocycles. The summed E-state index contributed by atoms with van der Waals surface area (Å²) in [6.07, 6.45) is 1.35. The van der Waals surface area contributed by atoms with Gasteiger partial charge >= 0.3 is 0 Å². The van der Waals surface area contributed by atoms with E-state index in [0.29, 0.717) is 36.8 Å². The van der Waals surface area contributed by atoms with E-state index in [0.717, 1.165) is 27.9 Å². The minimum Gasteiger partial charge on any atom is -0.508 e. The Balaban J connectivity index is 1.29. The first-order valence-corrected chi connectivity index (χ1v) is 14.9. The highest BCUT2D eigenvalue weighted by molar-refractivity contribution is 5.97. The first-order chi connectivity index (χ1) is 21.4. The average molecular weight is 588 g/mol. The zero-order valence-corrected chi connectivity index (χ0v) is 24.2. The molecule has 5 aromatic carbocycles. The fourth-order valence-corrected chi connectivity index (χ4v) is 6.29. The van der Waals surface area contributed by atoms with Crippen LogP contribution in [0.3, 0.4) is 0 Å². The quantitative estimate of drug-likeness (QED) is 0.161. The number of phenols is 2. The van der Waals surface area contributed by atoms with E-state index in [-0.39, 0.29) is 29.1 Å². The van der Waals surface area contributed by atoms with Crippen molar-refractivity contribution in [1.29, 1.82) is 0 Å². The summed E-state index contributed by atoms with van der Waals surface area (Å²) in [6, 6.07) is 35.7. The Bertz CT molecular complexity index is 1740. The zero-order chi connectivity index (χ0) is 30.6. The second-order valence-corrected chi connectivity index (χ2v) is 11.4. The van der Waals surface area contributed by atoms with Crippen molar-refractivity contribution in [2.75, 3.05) is 4.90 Å². The van der Waals surface area contributed by atoms with Crippen LogP contribution in [0.2, 0.25) is 0 Å². The number of hydrogen-bond acceptors (Lipinski definition) is 4. The number of aromatic hydroxyl groups is 2. The number of halogens is 1. The topological polar surface area (TPSA) is 81.0 Å². The highest BCUT2D eigenvalue weighted by Crippen LogP contribution is 2.47. The van der Waals surface area contributed by atoms with Crippen molar-refractivity contribution < 1.29 is 24.5 Å². The number of carbonyl (C=O) groups excluding carboxylic acids is 1. The highest BCUT2D eigenvalue weighted by atomic mass is 19.1. The molecular weight excluding hydrogens is 553 g/mol. The molecule has 6 heteroatoms. The number of rotatable bonds is 9. The summed E-state index contributed by atoms with van der Waals surface area (Å²) in [5.74, 6) is -0.259. The Kier molecular flexibility index (Phi) is 8.44. The maximum Gasteiger partial charge on any atom is 0.227 e. The average Bonchev–Trinajstić information content (AvgIpc) is 3.36. The minimum atomic E-state index is -0.734. The Morgan fingerprint density at radius 2 is 1.41 bits per heavy atom. The fourth-order valence-electron chi connectivity index (χ4n) is 6.29. The summed E-state index contributed by atoms with van der Waals surface area (Å²) in [4.78, 5) is 15.4. The maximum atomic E-state index is 13.6. The lowest BCUT2D eigenvalue weighted by atomic mass is 9.87. The molecule has 6 rings (SSSR count). The number of carbonyl (C=O) groups is 1. The fraction of sp³-hybridized carbons (Fsp3) is 0.184. The molecule has 5 nitrogen and oxygen atoms in total. The molecule has 1 saturated heterocycles. The van der Waals surface area contributed by atoms with E-state index >= 15 is 0 Å². The number of amides is 1. The molecular formula is C38H34FNO4. The van der Waals surface area contributed by atoms with E-state index in [1.54, 1.807) is 41.3 Å². The molecule has 0 bridgehead atoms. The van der Waals surface area contributed by atoms with Crippen LogP contribution in [0.1, 0.15) is 49.0 Å². The molecule has 0 aromatic heterocycles. The Labute approximate surface area is 256 Å². The number of phenolic OH excluding ortho intramolecular Hbond substituents is 2. The van der Waals surface area contributed by atoms with Crippen LogP contribution in [0, 0.1) is 11.7 Å². The smallest absolute Gasteiger partial charge is 0.227 e. The number of aliphatic hydroxyl groups is 1. The molecule has 0 spiro atoms. The molecule has 1 fully saturated rings. The first kappa shape index (κ1) is 29.1. The van der Waals surface area contributed by atoms with E-state index in [1.165, 1.54) is 12.1 Å². The van der Waals surface area contributed by atoms with E-state index in [2.05, 4.69) is 0 Å². The van der Waals surface area contributed by atoms with Gasteiger partial charge in [-0.05, 0) is 89.0 Å². The van der Waals surface area contributed by atoms with Crippen LogP contribution in [0.25, 0.3) is 22.3 Å². The summed E-state index contributed by atoms with van der Waals surface area (Å²) in [6.45, 7) is 0. The van der Waals surface area contributed by atoms with Crippen molar-refractivity contribution in [2.24, 2.45) is 5.92 Å². The molecule has 0 unspecified atom stereocenters. The lowest BCUT2D eigenvalue weighted by molar-refractivity contribution is -0.117. The molecule has 1 heterocycles. The molecule has 0 saturated carbocycles. The van der Waals surface area contributed by atoms with Crippen molar-refractivity contribution in [2.45, 2.75) is 37.8 Å². The SMILES string of the molecule is O=C1C[C@H](CCC[C@H](O)c2ccc(F)cc2)[C@@H](c2ccc(-c3cccc(O)c3)cc2O)N1c1ccc(-c2ccccc2)cc1. The molecule has 3 N–H and O–H groups in total. The van der Waals surface area contributed by atoms with Gasteiger partial charge in [-0.2, -0.15) is 0 Å². The third-order valence-electron chi connectivity index (χ3n) is 8.52. The third-order valence-corrected chi connectivity index (χ3v) is 8.52. The largest absolute Gasteiger partial charge is 0.508 e. The van der Waals surface area contributed by atoms with E-state index in [9.17, 15) is 24.5 Å². The van der Waals surface area contributed by atoms with Crippen molar-refractivity contribution in [3.05, 3.63) is 138 Å². The summed E-state index contributed by atoms with van der Waals surface area (Å²) in [5, 5.41) is 32.0. The Morgan fingerprint density at radius 3 is 2.11 bits per heavy atom. The van der Waals surface area contributed by atoms with Gasteiger partial charge in [0.1, 0.15) is 17.3 Å². The second-order valence-electron chi connectivity index (χ2n) is 11.4. The van der Waals surface area contributed by atoms with Gasteiger partial charge in [0, 0.05) is 17.7 Å². The number of nitrogens with zero attached hydrogens (tertiary/aromatic N) is 1. The van der Waals surface area contributed by atoms with Crippen LogP contribution in [0.5, 0.6) is 11.5 Å². The summed E-state index contributed by atoms with van der Waals surface area (Å²) >= 11 is 0. The van der Waals surface area contributed by atoms with E-state index < -0.39 is 12.1 Å². The van der Waals surface area contributed by atoms with E-state index in [1.807, 2.05) is 72.8 Å². The molecule has 3 atom stereocenters. The van der Waals surface area contributed by atoms with Gasteiger partial charge in [-0.15, -0.1) is 0 Å².